The summed E-state index contributed by atoms with van der Waals surface area (Å²) in [5, 5.41) is 6.45. The van der Waals surface area contributed by atoms with E-state index in [1.807, 2.05) is 0 Å². The number of nitrogens with one attached hydrogen (secondary N) is 1. The standard InChI is InChI=1S/C22H33N3S2/c1-4-6-14-24(3)15-10-16-25(18-20-12-9-17-27-20)22(26)23-21-13-8-7-11-19(21)5-2/h7-9,11-13,17H,4-6,10,14-16,18H2,1-3H3,(H,23,26). The van der Waals surface area contributed by atoms with Crippen molar-refractivity contribution in [3.8, 4) is 0 Å². The second-order valence-electron chi connectivity index (χ2n) is 6.95. The molecule has 0 aliphatic heterocycles. The van der Waals surface area contributed by atoms with Gasteiger partial charge in [-0.05, 0) is 74.7 Å². The zero-order valence-corrected chi connectivity index (χ0v) is 18.5. The van der Waals surface area contributed by atoms with Gasteiger partial charge in [-0.2, -0.15) is 0 Å². The number of unbranched alkanes of at least 4 members (excludes halogenated alkanes) is 1. The van der Waals surface area contributed by atoms with Gasteiger partial charge in [-0.3, -0.25) is 0 Å². The molecule has 0 bridgehead atoms. The predicted molar refractivity (Wildman–Crippen MR) is 124 cm³/mol. The van der Waals surface area contributed by atoms with Crippen LogP contribution in [0.1, 0.15) is 43.6 Å². The first kappa shape index (κ1) is 21.9. The first-order chi connectivity index (χ1) is 13.1. The van der Waals surface area contributed by atoms with Gasteiger partial charge < -0.3 is 15.1 Å². The Morgan fingerprint density at radius 3 is 2.52 bits per heavy atom. The summed E-state index contributed by atoms with van der Waals surface area (Å²) in [6.07, 6.45) is 4.63. The molecule has 1 N–H and O–H groups in total. The first-order valence-corrected chi connectivity index (χ1v) is 11.3. The number of para-hydroxylation sites is 1. The molecule has 0 fully saturated rings. The van der Waals surface area contributed by atoms with Crippen molar-refractivity contribution in [3.05, 3.63) is 52.2 Å². The van der Waals surface area contributed by atoms with E-state index in [4.69, 9.17) is 12.2 Å². The topological polar surface area (TPSA) is 18.5 Å². The molecule has 0 aliphatic carbocycles. The van der Waals surface area contributed by atoms with Gasteiger partial charge in [0, 0.05) is 17.1 Å². The van der Waals surface area contributed by atoms with Crippen molar-refractivity contribution in [3.63, 3.8) is 0 Å². The Morgan fingerprint density at radius 1 is 1.04 bits per heavy atom. The highest BCUT2D eigenvalue weighted by molar-refractivity contribution is 7.80. The van der Waals surface area contributed by atoms with E-state index in [9.17, 15) is 0 Å². The van der Waals surface area contributed by atoms with Crippen molar-refractivity contribution in [1.82, 2.24) is 9.80 Å². The van der Waals surface area contributed by atoms with Crippen LogP contribution in [0.4, 0.5) is 5.69 Å². The maximum absolute atomic E-state index is 5.79. The van der Waals surface area contributed by atoms with Gasteiger partial charge in [0.05, 0.1) is 6.54 Å². The summed E-state index contributed by atoms with van der Waals surface area (Å²) in [5.41, 5.74) is 2.43. The molecule has 5 heteroatoms. The van der Waals surface area contributed by atoms with Gasteiger partial charge in [0.25, 0.3) is 0 Å². The molecule has 0 radical (unpaired) electrons. The zero-order chi connectivity index (χ0) is 19.5. The molecule has 0 spiro atoms. The van der Waals surface area contributed by atoms with E-state index in [1.165, 1.54) is 29.8 Å². The number of benzene rings is 1. The number of anilines is 1. The minimum atomic E-state index is 0.820. The fraction of sp³-hybridized carbons (Fsp3) is 0.500. The summed E-state index contributed by atoms with van der Waals surface area (Å²) in [7, 11) is 2.22. The van der Waals surface area contributed by atoms with E-state index >= 15 is 0 Å². The molecule has 0 amide bonds. The summed E-state index contributed by atoms with van der Waals surface area (Å²) < 4.78 is 0. The molecule has 1 aromatic carbocycles. The third-order valence-electron chi connectivity index (χ3n) is 4.72. The number of rotatable bonds is 11. The average Bonchev–Trinajstić information content (AvgIpc) is 3.19. The van der Waals surface area contributed by atoms with Crippen LogP contribution in [0.5, 0.6) is 0 Å². The Kier molecular flexibility index (Phi) is 9.81. The lowest BCUT2D eigenvalue weighted by Gasteiger charge is -2.27. The van der Waals surface area contributed by atoms with Crippen LogP contribution in [0.15, 0.2) is 41.8 Å². The maximum atomic E-state index is 5.79. The number of thiophene rings is 1. The molecule has 0 saturated carbocycles. The lowest BCUT2D eigenvalue weighted by molar-refractivity contribution is 0.300. The van der Waals surface area contributed by atoms with Crippen molar-refractivity contribution >= 4 is 34.4 Å². The highest BCUT2D eigenvalue weighted by atomic mass is 32.1. The van der Waals surface area contributed by atoms with E-state index in [0.29, 0.717) is 0 Å². The number of hydrogen-bond donors (Lipinski definition) is 1. The van der Waals surface area contributed by atoms with Crippen LogP contribution in [-0.4, -0.2) is 41.6 Å². The molecule has 2 rings (SSSR count). The van der Waals surface area contributed by atoms with E-state index in [-0.39, 0.29) is 0 Å². The molecule has 27 heavy (non-hydrogen) atoms. The maximum Gasteiger partial charge on any atom is 0.173 e. The minimum absolute atomic E-state index is 0.820. The second-order valence-corrected chi connectivity index (χ2v) is 8.37. The highest BCUT2D eigenvalue weighted by Crippen LogP contribution is 2.18. The molecule has 1 heterocycles. The van der Waals surface area contributed by atoms with Crippen LogP contribution in [0.2, 0.25) is 0 Å². The Labute approximate surface area is 174 Å². The summed E-state index contributed by atoms with van der Waals surface area (Å²) >= 11 is 7.59. The van der Waals surface area contributed by atoms with Gasteiger partial charge in [0.15, 0.2) is 5.11 Å². The lowest BCUT2D eigenvalue weighted by Crippen LogP contribution is -2.36. The first-order valence-electron chi connectivity index (χ1n) is 9.98. The lowest BCUT2D eigenvalue weighted by atomic mass is 10.1. The van der Waals surface area contributed by atoms with E-state index in [2.05, 4.69) is 77.8 Å². The van der Waals surface area contributed by atoms with E-state index in [0.717, 1.165) is 43.3 Å². The fourth-order valence-electron chi connectivity index (χ4n) is 3.06. The van der Waals surface area contributed by atoms with Gasteiger partial charge in [-0.15, -0.1) is 11.3 Å². The fourth-order valence-corrected chi connectivity index (χ4v) is 4.04. The van der Waals surface area contributed by atoms with Gasteiger partial charge in [0.1, 0.15) is 0 Å². The Hall–Kier alpha value is -1.43. The number of hydrogen-bond acceptors (Lipinski definition) is 3. The van der Waals surface area contributed by atoms with E-state index in [1.54, 1.807) is 11.3 Å². The van der Waals surface area contributed by atoms with Crippen LogP contribution in [0, 0.1) is 0 Å². The number of thiocarbonyl (C=S) groups is 1. The minimum Gasteiger partial charge on any atom is -0.344 e. The van der Waals surface area contributed by atoms with Crippen molar-refractivity contribution in [1.29, 1.82) is 0 Å². The Morgan fingerprint density at radius 2 is 1.81 bits per heavy atom. The summed E-state index contributed by atoms with van der Waals surface area (Å²) in [4.78, 5) is 6.08. The normalized spacial score (nSPS) is 11.0. The molecule has 0 atom stereocenters. The molecule has 1 aromatic heterocycles. The third-order valence-corrected chi connectivity index (χ3v) is 5.94. The third kappa shape index (κ3) is 7.60. The average molecular weight is 404 g/mol. The number of aryl methyl sites for hydroxylation is 1. The summed E-state index contributed by atoms with van der Waals surface area (Å²) in [6, 6.07) is 12.7. The van der Waals surface area contributed by atoms with Gasteiger partial charge in [-0.1, -0.05) is 44.5 Å². The van der Waals surface area contributed by atoms with Gasteiger partial charge in [0.2, 0.25) is 0 Å². The highest BCUT2D eigenvalue weighted by Gasteiger charge is 2.13. The molecule has 3 nitrogen and oxygen atoms in total. The molecule has 148 valence electrons. The molecule has 0 saturated heterocycles. The largest absolute Gasteiger partial charge is 0.344 e. The monoisotopic (exact) mass is 403 g/mol. The molecule has 0 aliphatic rings. The molecule has 2 aromatic rings. The van der Waals surface area contributed by atoms with Crippen LogP contribution in [0.25, 0.3) is 0 Å². The van der Waals surface area contributed by atoms with E-state index < -0.39 is 0 Å². The smallest absolute Gasteiger partial charge is 0.173 e. The van der Waals surface area contributed by atoms with Crippen molar-refractivity contribution < 1.29 is 0 Å². The Balaban J connectivity index is 1.97. The SMILES string of the molecule is CCCCN(C)CCCN(Cc1cccs1)C(=S)Nc1ccccc1CC. The van der Waals surface area contributed by atoms with Crippen LogP contribution in [0.3, 0.4) is 0 Å². The molecular formula is C22H33N3S2. The van der Waals surface area contributed by atoms with Crippen molar-refractivity contribution in [2.75, 3.05) is 32.0 Å². The van der Waals surface area contributed by atoms with Gasteiger partial charge >= 0.3 is 0 Å². The van der Waals surface area contributed by atoms with Crippen LogP contribution < -0.4 is 5.32 Å². The van der Waals surface area contributed by atoms with Crippen LogP contribution in [-0.2, 0) is 13.0 Å². The van der Waals surface area contributed by atoms with Gasteiger partial charge in [-0.25, -0.2) is 0 Å². The summed E-state index contributed by atoms with van der Waals surface area (Å²) in [6.45, 7) is 8.54. The predicted octanol–water partition coefficient (Wildman–Crippen LogP) is 5.63. The summed E-state index contributed by atoms with van der Waals surface area (Å²) in [5.74, 6) is 0. The van der Waals surface area contributed by atoms with Crippen LogP contribution >= 0.6 is 23.6 Å². The number of nitrogens with zero attached hydrogens (tertiary/aromatic N) is 2. The Bertz CT molecular complexity index is 670. The van der Waals surface area contributed by atoms with Crippen molar-refractivity contribution in [2.45, 2.75) is 46.1 Å². The molecule has 0 unspecified atom stereocenters. The van der Waals surface area contributed by atoms with Crippen molar-refractivity contribution in [2.24, 2.45) is 0 Å². The quantitative estimate of drug-likeness (QED) is 0.490. The zero-order valence-electron chi connectivity index (χ0n) is 16.9. The molecular weight excluding hydrogens is 370 g/mol. The second kappa shape index (κ2) is 12.1.